The largest absolute Gasteiger partial charge is 0.508 e. The summed E-state index contributed by atoms with van der Waals surface area (Å²) in [5.74, 6) is 1.25. The molecule has 0 spiro atoms. The second-order valence-corrected chi connectivity index (χ2v) is 5.34. The number of benzene rings is 3. The van der Waals surface area contributed by atoms with E-state index >= 15 is 0 Å². The predicted octanol–water partition coefficient (Wildman–Crippen LogP) is 5.07. The fourth-order valence-electron chi connectivity index (χ4n) is 2.13. The topological polar surface area (TPSA) is 46.5 Å². The van der Waals surface area contributed by atoms with Gasteiger partial charge in [-0.15, -0.1) is 0 Å². The highest BCUT2D eigenvalue weighted by molar-refractivity contribution is 6.34. The van der Waals surface area contributed by atoms with Crippen LogP contribution in [0.4, 0.5) is 0 Å². The lowest BCUT2D eigenvalue weighted by Gasteiger charge is -2.07. The molecule has 0 unspecified atom stereocenters. The minimum atomic E-state index is -0.133. The van der Waals surface area contributed by atoms with E-state index in [2.05, 4.69) is 0 Å². The molecular formula is C19H13ClO3. The highest BCUT2D eigenvalue weighted by Crippen LogP contribution is 2.25. The van der Waals surface area contributed by atoms with Crippen LogP contribution in [0.15, 0.2) is 72.8 Å². The third-order valence-electron chi connectivity index (χ3n) is 3.31. The average Bonchev–Trinajstić information content (AvgIpc) is 2.57. The zero-order valence-electron chi connectivity index (χ0n) is 12.1. The van der Waals surface area contributed by atoms with Crippen molar-refractivity contribution in [1.29, 1.82) is 0 Å². The van der Waals surface area contributed by atoms with Crippen LogP contribution in [0.3, 0.4) is 0 Å². The van der Waals surface area contributed by atoms with Gasteiger partial charge in [0.1, 0.15) is 17.2 Å². The number of phenols is 1. The Kier molecular flexibility index (Phi) is 4.31. The number of hydrogen-bond donors (Lipinski definition) is 1. The molecule has 3 aromatic rings. The van der Waals surface area contributed by atoms with Crippen molar-refractivity contribution in [2.75, 3.05) is 0 Å². The molecule has 0 fully saturated rings. The van der Waals surface area contributed by atoms with E-state index in [1.165, 1.54) is 0 Å². The molecule has 3 aromatic carbocycles. The molecule has 4 heteroatoms. The Morgan fingerprint density at radius 2 is 1.39 bits per heavy atom. The normalized spacial score (nSPS) is 10.3. The summed E-state index contributed by atoms with van der Waals surface area (Å²) in [7, 11) is 0. The number of rotatable bonds is 4. The summed E-state index contributed by atoms with van der Waals surface area (Å²) < 4.78 is 5.65. The fraction of sp³-hybridized carbons (Fsp3) is 0. The number of hydrogen-bond acceptors (Lipinski definition) is 3. The van der Waals surface area contributed by atoms with Gasteiger partial charge in [-0.3, -0.25) is 4.79 Å². The van der Waals surface area contributed by atoms with Crippen LogP contribution in [0.2, 0.25) is 5.02 Å². The molecular weight excluding hydrogens is 312 g/mol. The first-order valence-electron chi connectivity index (χ1n) is 7.00. The Balaban J connectivity index is 1.78. The maximum absolute atomic E-state index is 12.4. The lowest BCUT2D eigenvalue weighted by Crippen LogP contribution is -2.01. The highest BCUT2D eigenvalue weighted by Gasteiger charge is 2.12. The molecule has 3 nitrogen and oxygen atoms in total. The molecule has 0 heterocycles. The summed E-state index contributed by atoms with van der Waals surface area (Å²) in [5.41, 5.74) is 1.01. The number of ketones is 1. The zero-order valence-corrected chi connectivity index (χ0v) is 12.8. The van der Waals surface area contributed by atoms with Gasteiger partial charge in [-0.1, -0.05) is 23.7 Å². The number of aromatic hydroxyl groups is 1. The van der Waals surface area contributed by atoms with E-state index in [0.717, 1.165) is 0 Å². The molecule has 3 rings (SSSR count). The molecule has 23 heavy (non-hydrogen) atoms. The van der Waals surface area contributed by atoms with Crippen LogP contribution in [-0.4, -0.2) is 10.9 Å². The lowest BCUT2D eigenvalue weighted by molar-refractivity contribution is 0.103. The average molecular weight is 325 g/mol. The van der Waals surface area contributed by atoms with Gasteiger partial charge in [0.05, 0.1) is 5.02 Å². The number of phenolic OH excluding ortho intramolecular Hbond substituents is 1. The van der Waals surface area contributed by atoms with E-state index in [-0.39, 0.29) is 11.5 Å². The molecule has 0 atom stereocenters. The molecule has 0 amide bonds. The maximum Gasteiger partial charge on any atom is 0.194 e. The van der Waals surface area contributed by atoms with Crippen LogP contribution in [-0.2, 0) is 0 Å². The SMILES string of the molecule is O=C(c1ccc(Oc2ccc(O)cc2)cc1)c1ccccc1Cl. The Morgan fingerprint density at radius 3 is 2.00 bits per heavy atom. The van der Waals surface area contributed by atoms with E-state index in [4.69, 9.17) is 16.3 Å². The van der Waals surface area contributed by atoms with Gasteiger partial charge in [0.15, 0.2) is 5.78 Å². The van der Waals surface area contributed by atoms with E-state index in [1.54, 1.807) is 72.8 Å². The minimum absolute atomic E-state index is 0.133. The van der Waals surface area contributed by atoms with E-state index < -0.39 is 0 Å². The molecule has 0 aromatic heterocycles. The van der Waals surface area contributed by atoms with E-state index in [0.29, 0.717) is 27.6 Å². The van der Waals surface area contributed by atoms with Crippen LogP contribution in [0, 0.1) is 0 Å². The smallest absolute Gasteiger partial charge is 0.194 e. The van der Waals surface area contributed by atoms with Gasteiger partial charge in [0.2, 0.25) is 0 Å². The van der Waals surface area contributed by atoms with E-state index in [9.17, 15) is 9.90 Å². The first kappa shape index (κ1) is 15.1. The Morgan fingerprint density at radius 1 is 0.826 bits per heavy atom. The first-order valence-corrected chi connectivity index (χ1v) is 7.37. The van der Waals surface area contributed by atoms with Crippen molar-refractivity contribution in [2.45, 2.75) is 0 Å². The molecule has 0 radical (unpaired) electrons. The number of carbonyl (C=O) groups excluding carboxylic acids is 1. The predicted molar refractivity (Wildman–Crippen MR) is 89.5 cm³/mol. The van der Waals surface area contributed by atoms with Crippen LogP contribution in [0.25, 0.3) is 0 Å². The van der Waals surface area contributed by atoms with Gasteiger partial charge in [-0.05, 0) is 60.7 Å². The standard InChI is InChI=1S/C19H13ClO3/c20-18-4-2-1-3-17(18)19(22)13-5-9-15(10-6-13)23-16-11-7-14(21)8-12-16/h1-12,21H. The lowest BCUT2D eigenvalue weighted by atomic mass is 10.0. The van der Waals surface area contributed by atoms with Crippen LogP contribution in [0.1, 0.15) is 15.9 Å². The first-order chi connectivity index (χ1) is 11.1. The molecule has 0 bridgehead atoms. The highest BCUT2D eigenvalue weighted by atomic mass is 35.5. The summed E-state index contributed by atoms with van der Waals surface area (Å²) in [5, 5.41) is 9.68. The molecule has 0 aliphatic rings. The van der Waals surface area contributed by atoms with Crippen LogP contribution >= 0.6 is 11.6 Å². The monoisotopic (exact) mass is 324 g/mol. The third-order valence-corrected chi connectivity index (χ3v) is 3.64. The Labute approximate surface area is 138 Å². The minimum Gasteiger partial charge on any atom is -0.508 e. The van der Waals surface area contributed by atoms with Gasteiger partial charge in [-0.25, -0.2) is 0 Å². The van der Waals surface area contributed by atoms with E-state index in [1.807, 2.05) is 0 Å². The zero-order chi connectivity index (χ0) is 16.2. The third kappa shape index (κ3) is 3.52. The molecule has 1 N–H and O–H groups in total. The van der Waals surface area contributed by atoms with Crippen molar-refractivity contribution in [2.24, 2.45) is 0 Å². The summed E-state index contributed by atoms with van der Waals surface area (Å²) >= 11 is 6.05. The summed E-state index contributed by atoms with van der Waals surface area (Å²) in [6, 6.07) is 20.2. The van der Waals surface area contributed by atoms with Gasteiger partial charge in [-0.2, -0.15) is 0 Å². The molecule has 0 aliphatic heterocycles. The molecule has 114 valence electrons. The summed E-state index contributed by atoms with van der Waals surface area (Å²) in [4.78, 5) is 12.4. The molecule has 0 saturated carbocycles. The van der Waals surface area contributed by atoms with Gasteiger partial charge < -0.3 is 9.84 Å². The van der Waals surface area contributed by atoms with Gasteiger partial charge in [0, 0.05) is 11.1 Å². The van der Waals surface area contributed by atoms with Gasteiger partial charge in [0.25, 0.3) is 0 Å². The molecule has 0 aliphatic carbocycles. The van der Waals surface area contributed by atoms with Gasteiger partial charge >= 0.3 is 0 Å². The van der Waals surface area contributed by atoms with Crippen LogP contribution < -0.4 is 4.74 Å². The van der Waals surface area contributed by atoms with Crippen molar-refractivity contribution in [3.8, 4) is 17.2 Å². The van der Waals surface area contributed by atoms with Crippen molar-refractivity contribution in [1.82, 2.24) is 0 Å². The number of ether oxygens (including phenoxy) is 1. The van der Waals surface area contributed by atoms with Crippen molar-refractivity contribution >= 4 is 17.4 Å². The van der Waals surface area contributed by atoms with Crippen molar-refractivity contribution in [3.63, 3.8) is 0 Å². The Bertz CT molecular complexity index is 824. The number of halogens is 1. The molecule has 0 saturated heterocycles. The number of carbonyl (C=O) groups is 1. The Hall–Kier alpha value is -2.78. The van der Waals surface area contributed by atoms with Crippen molar-refractivity contribution in [3.05, 3.63) is 88.9 Å². The second kappa shape index (κ2) is 6.55. The van der Waals surface area contributed by atoms with Crippen LogP contribution in [0.5, 0.6) is 17.2 Å². The quantitative estimate of drug-likeness (QED) is 0.682. The van der Waals surface area contributed by atoms with Crippen molar-refractivity contribution < 1.29 is 14.6 Å². The summed E-state index contributed by atoms with van der Waals surface area (Å²) in [6.07, 6.45) is 0. The second-order valence-electron chi connectivity index (χ2n) is 4.93. The fourth-order valence-corrected chi connectivity index (χ4v) is 2.35. The maximum atomic E-state index is 12.4. The summed E-state index contributed by atoms with van der Waals surface area (Å²) in [6.45, 7) is 0.